The zero-order chi connectivity index (χ0) is 11.8. The topological polar surface area (TPSA) is 38.5 Å². The van der Waals surface area contributed by atoms with E-state index in [2.05, 4.69) is 31.7 Å². The number of anilines is 2. The molecule has 0 spiro atoms. The Morgan fingerprint density at radius 3 is 2.88 bits per heavy atom. The molecule has 0 radical (unpaired) electrons. The highest BCUT2D eigenvalue weighted by atomic mass is 16.5. The molecule has 88 valence electrons. The van der Waals surface area contributed by atoms with Gasteiger partial charge in [0.05, 0.1) is 12.2 Å². The van der Waals surface area contributed by atoms with Crippen LogP contribution in [0.3, 0.4) is 0 Å². The van der Waals surface area contributed by atoms with Gasteiger partial charge in [0, 0.05) is 18.3 Å². The molecule has 3 heteroatoms. The molecule has 1 aromatic rings. The zero-order valence-corrected chi connectivity index (χ0v) is 10.3. The third-order valence-electron chi connectivity index (χ3n) is 2.78. The summed E-state index contributed by atoms with van der Waals surface area (Å²) in [5, 5.41) is 0. The van der Waals surface area contributed by atoms with Crippen LogP contribution in [0.4, 0.5) is 11.4 Å². The molecule has 0 saturated carbocycles. The van der Waals surface area contributed by atoms with Crippen LogP contribution >= 0.6 is 0 Å². The van der Waals surface area contributed by atoms with Crippen molar-refractivity contribution in [2.24, 2.45) is 0 Å². The number of nitrogens with two attached hydrogens (primary N) is 1. The molecule has 0 saturated heterocycles. The van der Waals surface area contributed by atoms with Crippen LogP contribution in [0.25, 0.3) is 0 Å². The van der Waals surface area contributed by atoms with Gasteiger partial charge in [0.1, 0.15) is 11.4 Å². The SMILES string of the molecule is CCCN1CC(C)(C)Oc2cc(N)ccc21. The molecule has 16 heavy (non-hydrogen) atoms. The molecular formula is C13H20N2O. The second kappa shape index (κ2) is 3.89. The van der Waals surface area contributed by atoms with Gasteiger partial charge in [-0.1, -0.05) is 6.92 Å². The summed E-state index contributed by atoms with van der Waals surface area (Å²) < 4.78 is 5.96. The van der Waals surface area contributed by atoms with Gasteiger partial charge in [-0.2, -0.15) is 0 Å². The van der Waals surface area contributed by atoms with Crippen LogP contribution in [0.5, 0.6) is 5.75 Å². The minimum Gasteiger partial charge on any atom is -0.484 e. The molecule has 0 unspecified atom stereocenters. The van der Waals surface area contributed by atoms with Gasteiger partial charge in [-0.15, -0.1) is 0 Å². The lowest BCUT2D eigenvalue weighted by Crippen LogP contribution is -2.47. The molecule has 2 N–H and O–H groups in total. The molecule has 2 rings (SSSR count). The lowest BCUT2D eigenvalue weighted by atomic mass is 10.0. The summed E-state index contributed by atoms with van der Waals surface area (Å²) in [6.07, 6.45) is 1.14. The number of ether oxygens (including phenoxy) is 1. The quantitative estimate of drug-likeness (QED) is 0.779. The normalized spacial score (nSPS) is 17.8. The van der Waals surface area contributed by atoms with E-state index in [1.54, 1.807) is 0 Å². The van der Waals surface area contributed by atoms with Crippen molar-refractivity contribution in [3.63, 3.8) is 0 Å². The number of benzene rings is 1. The first kappa shape index (κ1) is 11.1. The van der Waals surface area contributed by atoms with Gasteiger partial charge in [-0.05, 0) is 32.4 Å². The van der Waals surface area contributed by atoms with E-state index >= 15 is 0 Å². The Balaban J connectivity index is 2.38. The number of nitrogen functional groups attached to an aromatic ring is 1. The molecule has 0 amide bonds. The highest BCUT2D eigenvalue weighted by Crippen LogP contribution is 2.38. The molecule has 0 atom stereocenters. The van der Waals surface area contributed by atoms with Crippen LogP contribution < -0.4 is 15.4 Å². The zero-order valence-electron chi connectivity index (χ0n) is 10.3. The van der Waals surface area contributed by atoms with Gasteiger partial charge in [-0.3, -0.25) is 0 Å². The lowest BCUT2D eigenvalue weighted by molar-refractivity contribution is 0.105. The van der Waals surface area contributed by atoms with Crippen molar-refractivity contribution in [1.82, 2.24) is 0 Å². The van der Waals surface area contributed by atoms with Gasteiger partial charge in [0.15, 0.2) is 0 Å². The van der Waals surface area contributed by atoms with Crippen LogP contribution in [0.1, 0.15) is 27.2 Å². The van der Waals surface area contributed by atoms with Crippen molar-refractivity contribution in [2.45, 2.75) is 32.8 Å². The highest BCUT2D eigenvalue weighted by molar-refractivity contribution is 5.65. The van der Waals surface area contributed by atoms with Crippen LogP contribution in [0.15, 0.2) is 18.2 Å². The predicted octanol–water partition coefficient (Wildman–Crippen LogP) is 2.66. The molecule has 0 aromatic heterocycles. The summed E-state index contributed by atoms with van der Waals surface area (Å²) in [6, 6.07) is 5.90. The number of hydrogen-bond acceptors (Lipinski definition) is 3. The lowest BCUT2D eigenvalue weighted by Gasteiger charge is -2.41. The third kappa shape index (κ3) is 2.08. The van der Waals surface area contributed by atoms with E-state index in [0.717, 1.165) is 36.6 Å². The Labute approximate surface area is 97.2 Å². The molecule has 1 aromatic carbocycles. The summed E-state index contributed by atoms with van der Waals surface area (Å²) >= 11 is 0. The van der Waals surface area contributed by atoms with E-state index in [9.17, 15) is 0 Å². The van der Waals surface area contributed by atoms with E-state index in [4.69, 9.17) is 10.5 Å². The van der Waals surface area contributed by atoms with Gasteiger partial charge in [0.25, 0.3) is 0 Å². The van der Waals surface area contributed by atoms with Crippen molar-refractivity contribution in [1.29, 1.82) is 0 Å². The first-order valence-corrected chi connectivity index (χ1v) is 5.85. The average Bonchev–Trinajstić information content (AvgIpc) is 2.15. The third-order valence-corrected chi connectivity index (χ3v) is 2.78. The first-order chi connectivity index (χ1) is 7.52. The monoisotopic (exact) mass is 220 g/mol. The fourth-order valence-electron chi connectivity index (χ4n) is 2.22. The largest absolute Gasteiger partial charge is 0.484 e. The van der Waals surface area contributed by atoms with Crippen LogP contribution in [0, 0.1) is 0 Å². The minimum absolute atomic E-state index is 0.143. The Morgan fingerprint density at radius 2 is 2.19 bits per heavy atom. The molecule has 0 fully saturated rings. The van der Waals surface area contributed by atoms with Gasteiger partial charge < -0.3 is 15.4 Å². The Bertz CT molecular complexity index is 388. The van der Waals surface area contributed by atoms with Crippen molar-refractivity contribution in [3.05, 3.63) is 18.2 Å². The van der Waals surface area contributed by atoms with Crippen molar-refractivity contribution >= 4 is 11.4 Å². The Hall–Kier alpha value is -1.38. The molecule has 1 aliphatic heterocycles. The first-order valence-electron chi connectivity index (χ1n) is 5.85. The summed E-state index contributed by atoms with van der Waals surface area (Å²) in [4.78, 5) is 2.37. The standard InChI is InChI=1S/C13H20N2O/c1-4-7-15-9-13(2,3)16-12-8-10(14)5-6-11(12)15/h5-6,8H,4,7,9,14H2,1-3H3. The maximum Gasteiger partial charge on any atom is 0.145 e. The van der Waals surface area contributed by atoms with E-state index in [1.165, 1.54) is 0 Å². The van der Waals surface area contributed by atoms with E-state index in [0.29, 0.717) is 0 Å². The predicted molar refractivity (Wildman–Crippen MR) is 68.1 cm³/mol. The summed E-state index contributed by atoms with van der Waals surface area (Å²) in [5.74, 6) is 0.907. The van der Waals surface area contributed by atoms with Crippen molar-refractivity contribution < 1.29 is 4.74 Å². The molecular weight excluding hydrogens is 200 g/mol. The highest BCUT2D eigenvalue weighted by Gasteiger charge is 2.31. The number of rotatable bonds is 2. The van der Waals surface area contributed by atoms with E-state index < -0.39 is 0 Å². The molecule has 0 aliphatic carbocycles. The minimum atomic E-state index is -0.143. The van der Waals surface area contributed by atoms with Crippen molar-refractivity contribution in [2.75, 3.05) is 23.7 Å². The van der Waals surface area contributed by atoms with Crippen molar-refractivity contribution in [3.8, 4) is 5.75 Å². The summed E-state index contributed by atoms with van der Waals surface area (Å²) in [6.45, 7) is 8.41. The van der Waals surface area contributed by atoms with E-state index in [-0.39, 0.29) is 5.60 Å². The fraction of sp³-hybridized carbons (Fsp3) is 0.538. The molecule has 3 nitrogen and oxygen atoms in total. The summed E-state index contributed by atoms with van der Waals surface area (Å²) in [7, 11) is 0. The second-order valence-electron chi connectivity index (χ2n) is 5.01. The maximum absolute atomic E-state index is 5.96. The van der Waals surface area contributed by atoms with Gasteiger partial charge in [-0.25, -0.2) is 0 Å². The maximum atomic E-state index is 5.96. The summed E-state index contributed by atoms with van der Waals surface area (Å²) in [5.41, 5.74) is 7.57. The van der Waals surface area contributed by atoms with Gasteiger partial charge in [0.2, 0.25) is 0 Å². The molecule has 1 aliphatic rings. The second-order valence-corrected chi connectivity index (χ2v) is 5.01. The molecule has 0 bridgehead atoms. The van der Waals surface area contributed by atoms with Crippen LogP contribution in [-0.4, -0.2) is 18.7 Å². The number of nitrogens with zero attached hydrogens (tertiary/aromatic N) is 1. The van der Waals surface area contributed by atoms with E-state index in [1.807, 2.05) is 12.1 Å². The molecule has 1 heterocycles. The van der Waals surface area contributed by atoms with Crippen LogP contribution in [-0.2, 0) is 0 Å². The van der Waals surface area contributed by atoms with Gasteiger partial charge >= 0.3 is 0 Å². The Kier molecular flexibility index (Phi) is 2.70. The average molecular weight is 220 g/mol. The fourth-order valence-corrected chi connectivity index (χ4v) is 2.22. The van der Waals surface area contributed by atoms with Crippen LogP contribution in [0.2, 0.25) is 0 Å². The Morgan fingerprint density at radius 1 is 1.44 bits per heavy atom. The number of fused-ring (bicyclic) bond motifs is 1. The number of hydrogen-bond donors (Lipinski definition) is 1. The smallest absolute Gasteiger partial charge is 0.145 e.